The fourth-order valence-electron chi connectivity index (χ4n) is 1.37. The number of hydrogen-bond donors (Lipinski definition) is 0. The molecule has 1 aromatic carbocycles. The monoisotopic (exact) mass is 338 g/mol. The summed E-state index contributed by atoms with van der Waals surface area (Å²) in [5.41, 5.74) is 1.07. The van der Waals surface area contributed by atoms with Crippen molar-refractivity contribution in [3.63, 3.8) is 0 Å². The minimum absolute atomic E-state index is 0.600. The van der Waals surface area contributed by atoms with Gasteiger partial charge in [-0.15, -0.1) is 0 Å². The Morgan fingerprint density at radius 1 is 1.41 bits per heavy atom. The summed E-state index contributed by atoms with van der Waals surface area (Å²) in [4.78, 5) is 0. The standard InChI is InChI=1S/C12H16BrClO2S/c1-15-11-7-9(8-13)6-10(14)12(11)16-4-3-5-17-2/h6-7H,3-5,8H2,1-2H3. The SMILES string of the molecule is COc1cc(CBr)cc(Cl)c1OCCCSC. The van der Waals surface area contributed by atoms with Gasteiger partial charge in [-0.25, -0.2) is 0 Å². The van der Waals surface area contributed by atoms with Crippen LogP contribution in [-0.4, -0.2) is 25.7 Å². The number of methoxy groups -OCH3 is 1. The summed E-state index contributed by atoms with van der Waals surface area (Å²) in [5, 5.41) is 1.35. The van der Waals surface area contributed by atoms with E-state index in [0.717, 1.165) is 23.1 Å². The molecule has 2 nitrogen and oxygen atoms in total. The lowest BCUT2D eigenvalue weighted by Gasteiger charge is -2.13. The van der Waals surface area contributed by atoms with Crippen LogP contribution in [-0.2, 0) is 5.33 Å². The third-order valence-electron chi connectivity index (χ3n) is 2.18. The van der Waals surface area contributed by atoms with Gasteiger partial charge in [-0.05, 0) is 36.1 Å². The second kappa shape index (κ2) is 8.11. The van der Waals surface area contributed by atoms with Crippen LogP contribution in [0.1, 0.15) is 12.0 Å². The van der Waals surface area contributed by atoms with Gasteiger partial charge in [-0.1, -0.05) is 27.5 Å². The van der Waals surface area contributed by atoms with E-state index in [1.165, 1.54) is 0 Å². The molecule has 17 heavy (non-hydrogen) atoms. The topological polar surface area (TPSA) is 18.5 Å². The van der Waals surface area contributed by atoms with Crippen molar-refractivity contribution >= 4 is 39.3 Å². The van der Waals surface area contributed by atoms with Gasteiger partial charge in [-0.3, -0.25) is 0 Å². The second-order valence-corrected chi connectivity index (χ2v) is 5.39. The minimum atomic E-state index is 0.600. The molecule has 5 heteroatoms. The average molecular weight is 340 g/mol. The molecule has 1 aromatic rings. The second-order valence-electron chi connectivity index (χ2n) is 3.44. The van der Waals surface area contributed by atoms with Gasteiger partial charge in [0.2, 0.25) is 0 Å². The highest BCUT2D eigenvalue weighted by Crippen LogP contribution is 2.37. The molecule has 0 fully saturated rings. The molecule has 0 amide bonds. The third-order valence-corrected chi connectivity index (χ3v) is 3.81. The Bertz CT molecular complexity index is 361. The van der Waals surface area contributed by atoms with Crippen LogP contribution in [0.25, 0.3) is 0 Å². The van der Waals surface area contributed by atoms with Crippen molar-refractivity contribution in [3.8, 4) is 11.5 Å². The lowest BCUT2D eigenvalue weighted by molar-refractivity contribution is 0.295. The molecule has 0 N–H and O–H groups in total. The van der Waals surface area contributed by atoms with E-state index >= 15 is 0 Å². The zero-order chi connectivity index (χ0) is 12.7. The van der Waals surface area contributed by atoms with Gasteiger partial charge in [0.1, 0.15) is 0 Å². The van der Waals surface area contributed by atoms with Crippen LogP contribution in [0.2, 0.25) is 5.02 Å². The Morgan fingerprint density at radius 3 is 2.76 bits per heavy atom. The third kappa shape index (κ3) is 4.60. The van der Waals surface area contributed by atoms with E-state index in [0.29, 0.717) is 23.1 Å². The molecular weight excluding hydrogens is 324 g/mol. The number of halogens is 2. The quantitative estimate of drug-likeness (QED) is 0.543. The molecule has 0 bridgehead atoms. The largest absolute Gasteiger partial charge is 0.493 e. The van der Waals surface area contributed by atoms with Gasteiger partial charge >= 0.3 is 0 Å². The summed E-state index contributed by atoms with van der Waals surface area (Å²) < 4.78 is 11.0. The number of benzene rings is 1. The van der Waals surface area contributed by atoms with Gasteiger partial charge in [-0.2, -0.15) is 11.8 Å². The molecule has 0 aromatic heterocycles. The van der Waals surface area contributed by atoms with Crippen molar-refractivity contribution in [3.05, 3.63) is 22.7 Å². The molecular formula is C12H16BrClO2S. The van der Waals surface area contributed by atoms with Crippen LogP contribution >= 0.6 is 39.3 Å². The van der Waals surface area contributed by atoms with Crippen LogP contribution in [0.5, 0.6) is 11.5 Å². The normalized spacial score (nSPS) is 10.4. The Morgan fingerprint density at radius 2 is 2.18 bits per heavy atom. The Kier molecular flexibility index (Phi) is 7.16. The zero-order valence-corrected chi connectivity index (χ0v) is 13.1. The van der Waals surface area contributed by atoms with E-state index < -0.39 is 0 Å². The lowest BCUT2D eigenvalue weighted by Crippen LogP contribution is -2.01. The first-order valence-electron chi connectivity index (χ1n) is 5.27. The van der Waals surface area contributed by atoms with Crippen molar-refractivity contribution in [1.82, 2.24) is 0 Å². The molecule has 96 valence electrons. The van der Waals surface area contributed by atoms with Crippen molar-refractivity contribution in [1.29, 1.82) is 0 Å². The van der Waals surface area contributed by atoms with E-state index in [1.54, 1.807) is 18.9 Å². The number of alkyl halides is 1. The Labute approximate surface area is 120 Å². The fourth-order valence-corrected chi connectivity index (χ4v) is 2.39. The van der Waals surface area contributed by atoms with Crippen molar-refractivity contribution in [2.45, 2.75) is 11.8 Å². The summed E-state index contributed by atoms with van der Waals surface area (Å²) in [6, 6.07) is 3.83. The number of ether oxygens (including phenoxy) is 2. The van der Waals surface area contributed by atoms with Gasteiger partial charge in [0.05, 0.1) is 18.7 Å². The van der Waals surface area contributed by atoms with E-state index in [4.69, 9.17) is 21.1 Å². The maximum Gasteiger partial charge on any atom is 0.179 e. The molecule has 0 aliphatic heterocycles. The maximum absolute atomic E-state index is 6.17. The molecule has 0 aliphatic rings. The van der Waals surface area contributed by atoms with Gasteiger partial charge in [0.15, 0.2) is 11.5 Å². The predicted molar refractivity (Wildman–Crippen MR) is 79.1 cm³/mol. The van der Waals surface area contributed by atoms with Gasteiger partial charge in [0.25, 0.3) is 0 Å². The Balaban J connectivity index is 2.75. The van der Waals surface area contributed by atoms with E-state index in [-0.39, 0.29) is 0 Å². The van der Waals surface area contributed by atoms with Crippen LogP contribution in [0.15, 0.2) is 12.1 Å². The average Bonchev–Trinajstić information content (AvgIpc) is 2.35. The first-order chi connectivity index (χ1) is 8.22. The molecule has 0 spiro atoms. The number of hydrogen-bond acceptors (Lipinski definition) is 3. The predicted octanol–water partition coefficient (Wildman–Crippen LogP) is 4.38. The van der Waals surface area contributed by atoms with E-state index in [9.17, 15) is 0 Å². The highest BCUT2D eigenvalue weighted by Gasteiger charge is 2.11. The van der Waals surface area contributed by atoms with E-state index in [2.05, 4.69) is 22.2 Å². The molecule has 0 radical (unpaired) electrons. The zero-order valence-electron chi connectivity index (χ0n) is 9.96. The smallest absolute Gasteiger partial charge is 0.179 e. The number of thioether (sulfide) groups is 1. The summed E-state index contributed by atoms with van der Waals surface area (Å²) >= 11 is 11.4. The molecule has 1 rings (SSSR count). The minimum Gasteiger partial charge on any atom is -0.493 e. The molecule has 0 unspecified atom stereocenters. The maximum atomic E-state index is 6.17. The Hall–Kier alpha value is -0.0600. The van der Waals surface area contributed by atoms with Crippen LogP contribution in [0, 0.1) is 0 Å². The lowest BCUT2D eigenvalue weighted by atomic mass is 10.2. The van der Waals surface area contributed by atoms with Crippen LogP contribution in [0.3, 0.4) is 0 Å². The van der Waals surface area contributed by atoms with Crippen molar-refractivity contribution in [2.75, 3.05) is 25.7 Å². The summed E-state index contributed by atoms with van der Waals surface area (Å²) in [6.45, 7) is 0.657. The number of rotatable bonds is 7. The summed E-state index contributed by atoms with van der Waals surface area (Å²) in [5.74, 6) is 2.41. The summed E-state index contributed by atoms with van der Waals surface area (Å²) in [6.07, 6.45) is 3.08. The molecule has 0 atom stereocenters. The first kappa shape index (κ1) is 15.0. The molecule has 0 heterocycles. The van der Waals surface area contributed by atoms with E-state index in [1.807, 2.05) is 12.1 Å². The summed E-state index contributed by atoms with van der Waals surface area (Å²) in [7, 11) is 1.62. The molecule has 0 saturated heterocycles. The van der Waals surface area contributed by atoms with Gasteiger partial charge < -0.3 is 9.47 Å². The van der Waals surface area contributed by atoms with Gasteiger partial charge in [0, 0.05) is 5.33 Å². The molecule has 0 aliphatic carbocycles. The first-order valence-corrected chi connectivity index (χ1v) is 8.16. The van der Waals surface area contributed by atoms with Crippen molar-refractivity contribution < 1.29 is 9.47 Å². The van der Waals surface area contributed by atoms with Crippen LogP contribution in [0.4, 0.5) is 0 Å². The fraction of sp³-hybridized carbons (Fsp3) is 0.500. The highest BCUT2D eigenvalue weighted by atomic mass is 79.9. The van der Waals surface area contributed by atoms with Crippen molar-refractivity contribution in [2.24, 2.45) is 0 Å². The molecule has 0 saturated carbocycles. The highest BCUT2D eigenvalue weighted by molar-refractivity contribution is 9.08. The van der Waals surface area contributed by atoms with Crippen LogP contribution < -0.4 is 9.47 Å².